The van der Waals surface area contributed by atoms with Crippen molar-refractivity contribution in [2.75, 3.05) is 5.73 Å². The third kappa shape index (κ3) is 2.26. The molecule has 3 nitrogen and oxygen atoms in total. The second-order valence-electron chi connectivity index (χ2n) is 4.82. The van der Waals surface area contributed by atoms with Crippen LogP contribution in [-0.2, 0) is 6.42 Å². The highest BCUT2D eigenvalue weighted by Crippen LogP contribution is 2.26. The van der Waals surface area contributed by atoms with Crippen molar-refractivity contribution in [1.82, 2.24) is 9.38 Å². The van der Waals surface area contributed by atoms with Crippen LogP contribution >= 0.6 is 15.9 Å². The number of imidazole rings is 1. The summed E-state index contributed by atoms with van der Waals surface area (Å²) in [6.45, 7) is 6.40. The summed E-state index contributed by atoms with van der Waals surface area (Å²) in [5, 5.41) is 0. The van der Waals surface area contributed by atoms with Crippen molar-refractivity contribution < 1.29 is 0 Å². The molecule has 0 saturated heterocycles. The van der Waals surface area contributed by atoms with Crippen LogP contribution < -0.4 is 5.73 Å². The molecule has 98 valence electrons. The number of fused-ring (bicyclic) bond motifs is 1. The van der Waals surface area contributed by atoms with E-state index in [1.54, 1.807) is 0 Å². The lowest BCUT2D eigenvalue weighted by molar-refractivity contribution is 0.711. The molecule has 2 aromatic rings. The van der Waals surface area contributed by atoms with Crippen LogP contribution in [0.3, 0.4) is 0 Å². The first kappa shape index (κ1) is 13.4. The van der Waals surface area contributed by atoms with Gasteiger partial charge in [0.05, 0.1) is 5.69 Å². The van der Waals surface area contributed by atoms with E-state index in [4.69, 9.17) is 10.7 Å². The highest BCUT2D eigenvalue weighted by molar-refractivity contribution is 9.10. The van der Waals surface area contributed by atoms with Gasteiger partial charge in [-0.1, -0.05) is 19.8 Å². The van der Waals surface area contributed by atoms with E-state index in [9.17, 15) is 0 Å². The average Bonchev–Trinajstić information content (AvgIpc) is 2.65. The number of unbranched alkanes of at least 4 members (excludes halogenated alkanes) is 2. The standard InChI is InChI=1S/C14H20BrN3/c1-4-5-6-7-12-13(16)18-8-11(15)9(2)10(3)14(18)17-12/h8H,4-7,16H2,1-3H3. The van der Waals surface area contributed by atoms with Crippen molar-refractivity contribution in [2.24, 2.45) is 0 Å². The van der Waals surface area contributed by atoms with Gasteiger partial charge in [0, 0.05) is 10.7 Å². The summed E-state index contributed by atoms with van der Waals surface area (Å²) in [6.07, 6.45) is 6.59. The smallest absolute Gasteiger partial charge is 0.141 e. The Morgan fingerprint density at radius 2 is 2.00 bits per heavy atom. The van der Waals surface area contributed by atoms with Gasteiger partial charge in [-0.25, -0.2) is 4.98 Å². The monoisotopic (exact) mass is 309 g/mol. The fourth-order valence-corrected chi connectivity index (χ4v) is 2.67. The zero-order chi connectivity index (χ0) is 13.3. The number of halogens is 1. The number of aryl methyl sites for hydroxylation is 2. The Morgan fingerprint density at radius 3 is 2.67 bits per heavy atom. The lowest BCUT2D eigenvalue weighted by Crippen LogP contribution is -1.98. The first-order chi connectivity index (χ1) is 8.56. The van der Waals surface area contributed by atoms with Gasteiger partial charge < -0.3 is 5.73 Å². The van der Waals surface area contributed by atoms with Crippen LogP contribution in [0, 0.1) is 13.8 Å². The van der Waals surface area contributed by atoms with Gasteiger partial charge in [-0.3, -0.25) is 4.40 Å². The van der Waals surface area contributed by atoms with Crippen molar-refractivity contribution in [1.29, 1.82) is 0 Å². The quantitative estimate of drug-likeness (QED) is 0.867. The van der Waals surface area contributed by atoms with Gasteiger partial charge in [0.25, 0.3) is 0 Å². The summed E-state index contributed by atoms with van der Waals surface area (Å²) in [5.74, 6) is 0.782. The molecule has 0 saturated carbocycles. The average molecular weight is 310 g/mol. The molecule has 2 aromatic heterocycles. The van der Waals surface area contributed by atoms with Gasteiger partial charge in [-0.05, 0) is 53.7 Å². The summed E-state index contributed by atoms with van der Waals surface area (Å²) >= 11 is 3.57. The fraction of sp³-hybridized carbons (Fsp3) is 0.500. The highest BCUT2D eigenvalue weighted by atomic mass is 79.9. The first-order valence-corrected chi connectivity index (χ1v) is 7.27. The molecule has 0 aliphatic carbocycles. The van der Waals surface area contributed by atoms with Crippen molar-refractivity contribution in [3.63, 3.8) is 0 Å². The minimum atomic E-state index is 0.782. The molecule has 0 spiro atoms. The molecular formula is C14H20BrN3. The van der Waals surface area contributed by atoms with E-state index in [1.807, 2.05) is 10.6 Å². The molecule has 0 bridgehead atoms. The minimum Gasteiger partial charge on any atom is -0.383 e. The van der Waals surface area contributed by atoms with Crippen LogP contribution in [0.5, 0.6) is 0 Å². The molecule has 0 atom stereocenters. The van der Waals surface area contributed by atoms with Crippen LogP contribution in [0.2, 0.25) is 0 Å². The molecule has 0 aliphatic rings. The zero-order valence-electron chi connectivity index (χ0n) is 11.3. The Hall–Kier alpha value is -1.03. The van der Waals surface area contributed by atoms with Crippen molar-refractivity contribution in [3.8, 4) is 0 Å². The molecule has 0 fully saturated rings. The van der Waals surface area contributed by atoms with Gasteiger partial charge >= 0.3 is 0 Å². The van der Waals surface area contributed by atoms with E-state index in [0.29, 0.717) is 0 Å². The van der Waals surface area contributed by atoms with Crippen LogP contribution in [0.25, 0.3) is 5.65 Å². The Kier molecular flexibility index (Phi) is 3.95. The highest BCUT2D eigenvalue weighted by Gasteiger charge is 2.13. The molecule has 2 rings (SSSR count). The summed E-state index contributed by atoms with van der Waals surface area (Å²) in [7, 11) is 0. The second-order valence-corrected chi connectivity index (χ2v) is 5.68. The van der Waals surface area contributed by atoms with E-state index in [0.717, 1.165) is 34.5 Å². The predicted octanol–water partition coefficient (Wildman–Crippen LogP) is 4.03. The minimum absolute atomic E-state index is 0.782. The summed E-state index contributed by atoms with van der Waals surface area (Å²) in [6, 6.07) is 0. The van der Waals surface area contributed by atoms with Gasteiger partial charge in [0.2, 0.25) is 0 Å². The van der Waals surface area contributed by atoms with E-state index in [2.05, 4.69) is 36.7 Å². The number of rotatable bonds is 4. The number of pyridine rings is 1. The first-order valence-electron chi connectivity index (χ1n) is 6.48. The third-order valence-corrected chi connectivity index (χ3v) is 4.34. The Morgan fingerprint density at radius 1 is 1.28 bits per heavy atom. The molecule has 4 heteroatoms. The van der Waals surface area contributed by atoms with Gasteiger partial charge in [0.15, 0.2) is 0 Å². The molecule has 0 aromatic carbocycles. The topological polar surface area (TPSA) is 43.3 Å². The van der Waals surface area contributed by atoms with E-state index in [1.165, 1.54) is 24.0 Å². The second kappa shape index (κ2) is 5.31. The SMILES string of the molecule is CCCCCc1nc2c(C)c(C)c(Br)cn2c1N. The lowest BCUT2D eigenvalue weighted by Gasteiger charge is -2.05. The Labute approximate surface area is 117 Å². The maximum absolute atomic E-state index is 6.19. The maximum Gasteiger partial charge on any atom is 0.141 e. The summed E-state index contributed by atoms with van der Waals surface area (Å²) in [4.78, 5) is 4.70. The fourth-order valence-electron chi connectivity index (χ4n) is 2.17. The molecule has 0 amide bonds. The molecular weight excluding hydrogens is 290 g/mol. The van der Waals surface area contributed by atoms with E-state index >= 15 is 0 Å². The van der Waals surface area contributed by atoms with Crippen LogP contribution in [-0.4, -0.2) is 9.38 Å². The Bertz CT molecular complexity index is 572. The number of aromatic nitrogens is 2. The van der Waals surface area contributed by atoms with E-state index in [-0.39, 0.29) is 0 Å². The zero-order valence-corrected chi connectivity index (χ0v) is 12.8. The van der Waals surface area contributed by atoms with Crippen molar-refractivity contribution >= 4 is 27.4 Å². The molecule has 0 radical (unpaired) electrons. The number of hydrogen-bond acceptors (Lipinski definition) is 2. The lowest BCUT2D eigenvalue weighted by atomic mass is 10.1. The summed E-state index contributed by atoms with van der Waals surface area (Å²) in [5.41, 5.74) is 10.6. The van der Waals surface area contributed by atoms with Crippen molar-refractivity contribution in [3.05, 3.63) is 27.5 Å². The van der Waals surface area contributed by atoms with Gasteiger partial charge in [-0.2, -0.15) is 0 Å². The summed E-state index contributed by atoms with van der Waals surface area (Å²) < 4.78 is 3.07. The van der Waals surface area contributed by atoms with Gasteiger partial charge in [-0.15, -0.1) is 0 Å². The van der Waals surface area contributed by atoms with Crippen molar-refractivity contribution in [2.45, 2.75) is 46.5 Å². The van der Waals surface area contributed by atoms with Crippen LogP contribution in [0.1, 0.15) is 43.0 Å². The number of nitrogens with zero attached hydrogens (tertiary/aromatic N) is 2. The molecule has 2 N–H and O–H groups in total. The van der Waals surface area contributed by atoms with Crippen LogP contribution in [0.4, 0.5) is 5.82 Å². The number of nitrogen functional groups attached to an aromatic ring is 1. The van der Waals surface area contributed by atoms with Gasteiger partial charge in [0.1, 0.15) is 11.5 Å². The molecule has 0 aliphatic heterocycles. The largest absolute Gasteiger partial charge is 0.383 e. The molecule has 0 unspecified atom stereocenters. The van der Waals surface area contributed by atoms with E-state index < -0.39 is 0 Å². The normalized spacial score (nSPS) is 11.3. The molecule has 18 heavy (non-hydrogen) atoms. The van der Waals surface area contributed by atoms with Crippen LogP contribution in [0.15, 0.2) is 10.7 Å². The number of hydrogen-bond donors (Lipinski definition) is 1. The molecule has 2 heterocycles. The third-order valence-electron chi connectivity index (χ3n) is 3.54. The maximum atomic E-state index is 6.19. The number of nitrogens with two attached hydrogens (primary N) is 1. The predicted molar refractivity (Wildman–Crippen MR) is 80.0 cm³/mol. The number of anilines is 1. The Balaban J connectivity index is 2.46.